The van der Waals surface area contributed by atoms with E-state index in [-0.39, 0.29) is 5.56 Å². The molecule has 0 bridgehead atoms. The number of aromatic nitrogens is 1. The fourth-order valence-corrected chi connectivity index (χ4v) is 4.18. The average molecular weight is 381 g/mol. The van der Waals surface area contributed by atoms with Crippen molar-refractivity contribution in [3.05, 3.63) is 71.1 Å². The monoisotopic (exact) mass is 381 g/mol. The van der Waals surface area contributed by atoms with Crippen LogP contribution >= 0.6 is 0 Å². The van der Waals surface area contributed by atoms with Crippen LogP contribution < -0.4 is 16.2 Å². The first-order valence-corrected chi connectivity index (χ1v) is 10.5. The molecule has 138 valence electrons. The van der Waals surface area contributed by atoms with Crippen LogP contribution in [-0.4, -0.2) is 32.3 Å². The van der Waals surface area contributed by atoms with Crippen molar-refractivity contribution >= 4 is 21.2 Å². The molecule has 1 aliphatic heterocycles. The number of benzene rings is 2. The average Bonchev–Trinajstić information content (AvgIpc) is 2.68. The first-order valence-electron chi connectivity index (χ1n) is 8.58. The Hall–Kier alpha value is -3.06. The molecule has 3 aromatic rings. The third-order valence-corrected chi connectivity index (χ3v) is 5.73. The second-order valence-electron chi connectivity index (χ2n) is 6.45. The quantitative estimate of drug-likeness (QED) is 0.729. The number of anilines is 2. The molecule has 7 heteroatoms. The number of hydrogen-bond donors (Lipinski definition) is 2. The van der Waals surface area contributed by atoms with Crippen LogP contribution in [0.2, 0.25) is 0 Å². The van der Waals surface area contributed by atoms with Gasteiger partial charge in [-0.25, -0.2) is 8.42 Å². The van der Waals surface area contributed by atoms with Gasteiger partial charge in [0.2, 0.25) is 0 Å². The number of pyridine rings is 1. The maximum absolute atomic E-state index is 12.7. The molecule has 0 amide bonds. The van der Waals surface area contributed by atoms with Gasteiger partial charge in [-0.1, -0.05) is 30.3 Å². The molecule has 1 aliphatic rings. The van der Waals surface area contributed by atoms with Gasteiger partial charge in [0.25, 0.3) is 5.56 Å². The molecule has 0 saturated heterocycles. The van der Waals surface area contributed by atoms with Crippen LogP contribution in [0.4, 0.5) is 11.4 Å². The Morgan fingerprint density at radius 2 is 1.63 bits per heavy atom. The SMILES string of the molecule is CS(=O)(=O)c1ccccc1-c1ccc(-n2ccc3c(c2=O)NCCN3)cc1. The second kappa shape index (κ2) is 6.59. The summed E-state index contributed by atoms with van der Waals surface area (Å²) in [4.78, 5) is 13.0. The van der Waals surface area contributed by atoms with Crippen molar-refractivity contribution in [1.29, 1.82) is 0 Å². The largest absolute Gasteiger partial charge is 0.381 e. The van der Waals surface area contributed by atoms with Gasteiger partial charge in [-0.3, -0.25) is 9.36 Å². The van der Waals surface area contributed by atoms with Gasteiger partial charge in [-0.15, -0.1) is 0 Å². The Balaban J connectivity index is 1.76. The summed E-state index contributed by atoms with van der Waals surface area (Å²) in [5, 5.41) is 6.34. The molecular weight excluding hydrogens is 362 g/mol. The predicted molar refractivity (Wildman–Crippen MR) is 108 cm³/mol. The van der Waals surface area contributed by atoms with E-state index in [0.717, 1.165) is 23.5 Å². The first-order chi connectivity index (χ1) is 12.9. The molecule has 0 saturated carbocycles. The third kappa shape index (κ3) is 3.21. The number of fused-ring (bicyclic) bond motifs is 1. The molecule has 2 aromatic carbocycles. The van der Waals surface area contributed by atoms with Gasteiger partial charge in [0.05, 0.1) is 10.6 Å². The lowest BCUT2D eigenvalue weighted by molar-refractivity contribution is 0.602. The molecular formula is C20H19N3O3S. The Bertz CT molecular complexity index is 1170. The molecule has 0 unspecified atom stereocenters. The number of hydrogen-bond acceptors (Lipinski definition) is 5. The maximum atomic E-state index is 12.7. The lowest BCUT2D eigenvalue weighted by Gasteiger charge is -2.20. The van der Waals surface area contributed by atoms with Crippen molar-refractivity contribution in [2.75, 3.05) is 30.0 Å². The molecule has 0 aliphatic carbocycles. The topological polar surface area (TPSA) is 80.2 Å². The Labute approximate surface area is 157 Å². The maximum Gasteiger partial charge on any atom is 0.280 e. The van der Waals surface area contributed by atoms with Crippen molar-refractivity contribution in [2.45, 2.75) is 4.90 Å². The highest BCUT2D eigenvalue weighted by atomic mass is 32.2. The van der Waals surface area contributed by atoms with E-state index in [2.05, 4.69) is 10.6 Å². The van der Waals surface area contributed by atoms with Crippen LogP contribution in [0.1, 0.15) is 0 Å². The van der Waals surface area contributed by atoms with Gasteiger partial charge in [0, 0.05) is 36.8 Å². The van der Waals surface area contributed by atoms with E-state index in [1.165, 1.54) is 6.26 Å². The highest BCUT2D eigenvalue weighted by Gasteiger charge is 2.16. The normalized spacial score (nSPS) is 13.4. The van der Waals surface area contributed by atoms with Crippen LogP contribution in [0.25, 0.3) is 16.8 Å². The molecule has 4 rings (SSSR count). The molecule has 2 N–H and O–H groups in total. The molecule has 0 fully saturated rings. The van der Waals surface area contributed by atoms with Gasteiger partial charge < -0.3 is 10.6 Å². The summed E-state index contributed by atoms with van der Waals surface area (Å²) in [7, 11) is -3.33. The van der Waals surface area contributed by atoms with E-state index in [1.54, 1.807) is 29.0 Å². The molecule has 2 heterocycles. The third-order valence-electron chi connectivity index (χ3n) is 4.58. The summed E-state index contributed by atoms with van der Waals surface area (Å²) in [6.07, 6.45) is 2.94. The zero-order chi connectivity index (χ0) is 19.0. The van der Waals surface area contributed by atoms with Crippen molar-refractivity contribution in [2.24, 2.45) is 0 Å². The van der Waals surface area contributed by atoms with Gasteiger partial charge in [-0.05, 0) is 29.8 Å². The zero-order valence-electron chi connectivity index (χ0n) is 14.8. The number of rotatable bonds is 3. The summed E-state index contributed by atoms with van der Waals surface area (Å²) >= 11 is 0. The molecule has 27 heavy (non-hydrogen) atoms. The number of sulfone groups is 1. The van der Waals surface area contributed by atoms with E-state index < -0.39 is 9.84 Å². The van der Waals surface area contributed by atoms with Gasteiger partial charge in [0.1, 0.15) is 5.69 Å². The van der Waals surface area contributed by atoms with E-state index >= 15 is 0 Å². The van der Waals surface area contributed by atoms with Crippen LogP contribution in [-0.2, 0) is 9.84 Å². The molecule has 1 aromatic heterocycles. The summed E-state index contributed by atoms with van der Waals surface area (Å²) in [6, 6.07) is 16.1. The fraction of sp³-hybridized carbons (Fsp3) is 0.150. The van der Waals surface area contributed by atoms with E-state index in [0.29, 0.717) is 22.7 Å². The van der Waals surface area contributed by atoms with Gasteiger partial charge in [-0.2, -0.15) is 0 Å². The van der Waals surface area contributed by atoms with Crippen LogP contribution in [0.15, 0.2) is 70.5 Å². The fourth-order valence-electron chi connectivity index (χ4n) is 3.27. The second-order valence-corrected chi connectivity index (χ2v) is 8.43. The summed E-state index contributed by atoms with van der Waals surface area (Å²) < 4.78 is 25.7. The van der Waals surface area contributed by atoms with E-state index in [9.17, 15) is 13.2 Å². The van der Waals surface area contributed by atoms with Crippen molar-refractivity contribution < 1.29 is 8.42 Å². The minimum atomic E-state index is -3.33. The lowest BCUT2D eigenvalue weighted by atomic mass is 10.1. The Morgan fingerprint density at radius 3 is 2.37 bits per heavy atom. The first kappa shape index (κ1) is 17.4. The number of nitrogens with one attached hydrogen (secondary N) is 2. The Kier molecular flexibility index (Phi) is 4.24. The smallest absolute Gasteiger partial charge is 0.280 e. The van der Waals surface area contributed by atoms with Crippen LogP contribution in [0.3, 0.4) is 0 Å². The summed E-state index contributed by atoms with van der Waals surface area (Å²) in [5.74, 6) is 0. The van der Waals surface area contributed by atoms with Crippen molar-refractivity contribution in [1.82, 2.24) is 4.57 Å². The zero-order valence-corrected chi connectivity index (χ0v) is 15.6. The van der Waals surface area contributed by atoms with Crippen LogP contribution in [0, 0.1) is 0 Å². The molecule has 6 nitrogen and oxygen atoms in total. The number of nitrogens with zero attached hydrogens (tertiary/aromatic N) is 1. The predicted octanol–water partition coefficient (Wildman–Crippen LogP) is 2.75. The lowest BCUT2D eigenvalue weighted by Crippen LogP contribution is -2.29. The minimum Gasteiger partial charge on any atom is -0.381 e. The van der Waals surface area contributed by atoms with Crippen molar-refractivity contribution in [3.8, 4) is 16.8 Å². The van der Waals surface area contributed by atoms with Gasteiger partial charge >= 0.3 is 0 Å². The Morgan fingerprint density at radius 1 is 0.926 bits per heavy atom. The minimum absolute atomic E-state index is 0.121. The summed E-state index contributed by atoms with van der Waals surface area (Å²) in [5.41, 5.74) is 3.40. The van der Waals surface area contributed by atoms with Crippen molar-refractivity contribution in [3.63, 3.8) is 0 Å². The van der Waals surface area contributed by atoms with E-state index in [1.807, 2.05) is 36.4 Å². The van der Waals surface area contributed by atoms with Gasteiger partial charge in [0.15, 0.2) is 9.84 Å². The summed E-state index contributed by atoms with van der Waals surface area (Å²) in [6.45, 7) is 1.48. The van der Waals surface area contributed by atoms with Crippen LogP contribution in [0.5, 0.6) is 0 Å². The highest BCUT2D eigenvalue weighted by Crippen LogP contribution is 2.28. The molecule has 0 spiro atoms. The molecule has 0 radical (unpaired) electrons. The highest BCUT2D eigenvalue weighted by molar-refractivity contribution is 7.90. The van der Waals surface area contributed by atoms with E-state index in [4.69, 9.17) is 0 Å². The molecule has 0 atom stereocenters. The standard InChI is InChI=1S/C20H19N3O3S/c1-27(25,26)18-5-3-2-4-16(18)14-6-8-15(9-7-14)23-13-10-17-19(20(23)24)22-12-11-21-17/h2-10,13,21-22H,11-12H2,1H3.